The molecule has 0 aliphatic rings. The van der Waals surface area contributed by atoms with Crippen LogP contribution in [0.1, 0.15) is 19.4 Å². The minimum atomic E-state index is -0.0475. The molecule has 2 rings (SSSR count). The number of anilines is 1. The molecule has 1 heterocycles. The number of carbonyl (C=O) groups is 1. The molecule has 104 valence electrons. The van der Waals surface area contributed by atoms with Crippen LogP contribution >= 0.6 is 0 Å². The lowest BCUT2D eigenvalue weighted by Gasteiger charge is -2.10. The Kier molecular flexibility index (Phi) is 4.71. The molecule has 0 atom stereocenters. The third-order valence-corrected chi connectivity index (χ3v) is 2.62. The molecular formula is C16H18N2O2. The molecule has 2 aromatic rings. The van der Waals surface area contributed by atoms with Crippen molar-refractivity contribution in [2.75, 3.05) is 5.32 Å². The molecule has 4 heteroatoms. The summed E-state index contributed by atoms with van der Waals surface area (Å²) >= 11 is 0. The first-order chi connectivity index (χ1) is 9.63. The van der Waals surface area contributed by atoms with Crippen molar-refractivity contribution in [3.63, 3.8) is 0 Å². The molecule has 0 aliphatic heterocycles. The van der Waals surface area contributed by atoms with Crippen molar-refractivity contribution in [2.45, 2.75) is 26.4 Å². The number of amides is 1. The summed E-state index contributed by atoms with van der Waals surface area (Å²) in [6.45, 7) is 3.95. The Morgan fingerprint density at radius 1 is 1.15 bits per heavy atom. The molecule has 4 nitrogen and oxygen atoms in total. The number of benzene rings is 1. The Morgan fingerprint density at radius 2 is 1.80 bits per heavy atom. The van der Waals surface area contributed by atoms with E-state index in [2.05, 4.69) is 10.3 Å². The average molecular weight is 270 g/mol. The first kappa shape index (κ1) is 14.1. The van der Waals surface area contributed by atoms with E-state index in [9.17, 15) is 4.79 Å². The third kappa shape index (κ3) is 4.39. The number of carbonyl (C=O) groups excluding carboxylic acids is 1. The highest BCUT2D eigenvalue weighted by atomic mass is 16.5. The highest BCUT2D eigenvalue weighted by Crippen LogP contribution is 2.17. The summed E-state index contributed by atoms with van der Waals surface area (Å²) in [6.07, 6.45) is 3.84. The van der Waals surface area contributed by atoms with E-state index in [1.165, 1.54) is 0 Å². The van der Waals surface area contributed by atoms with Crippen molar-refractivity contribution >= 4 is 11.6 Å². The zero-order valence-corrected chi connectivity index (χ0v) is 11.7. The van der Waals surface area contributed by atoms with E-state index in [4.69, 9.17) is 4.74 Å². The van der Waals surface area contributed by atoms with Gasteiger partial charge in [0, 0.05) is 18.1 Å². The molecule has 0 bridgehead atoms. The van der Waals surface area contributed by atoms with Gasteiger partial charge in [0.1, 0.15) is 5.75 Å². The summed E-state index contributed by atoms with van der Waals surface area (Å²) in [5, 5.41) is 2.86. The average Bonchev–Trinajstić information content (AvgIpc) is 2.41. The van der Waals surface area contributed by atoms with E-state index in [1.807, 2.05) is 50.2 Å². The molecule has 20 heavy (non-hydrogen) atoms. The maximum absolute atomic E-state index is 11.9. The Balaban J connectivity index is 1.91. The zero-order chi connectivity index (χ0) is 14.4. The monoisotopic (exact) mass is 270 g/mol. The van der Waals surface area contributed by atoms with Crippen molar-refractivity contribution in [2.24, 2.45) is 0 Å². The highest BCUT2D eigenvalue weighted by molar-refractivity contribution is 5.92. The van der Waals surface area contributed by atoms with Gasteiger partial charge in [-0.1, -0.05) is 0 Å². The van der Waals surface area contributed by atoms with E-state index in [1.54, 1.807) is 12.4 Å². The van der Waals surface area contributed by atoms with Crippen molar-refractivity contribution < 1.29 is 9.53 Å². The number of rotatable bonds is 5. The number of nitrogens with one attached hydrogen (secondary N) is 1. The lowest BCUT2D eigenvalue weighted by atomic mass is 10.2. The number of pyridine rings is 1. The van der Waals surface area contributed by atoms with Gasteiger partial charge in [0.2, 0.25) is 5.91 Å². The Bertz CT molecular complexity index is 550. The van der Waals surface area contributed by atoms with Crippen LogP contribution in [0.3, 0.4) is 0 Å². The number of ether oxygens (including phenoxy) is 1. The normalized spacial score (nSPS) is 10.3. The minimum absolute atomic E-state index is 0.0475. The predicted molar refractivity (Wildman–Crippen MR) is 78.8 cm³/mol. The van der Waals surface area contributed by atoms with Gasteiger partial charge in [-0.3, -0.25) is 9.78 Å². The van der Waals surface area contributed by atoms with Gasteiger partial charge < -0.3 is 10.1 Å². The van der Waals surface area contributed by atoms with Crippen LogP contribution < -0.4 is 10.1 Å². The SMILES string of the molecule is CC(C)Oc1ccc(NC(=O)Cc2ccncc2)cc1. The number of hydrogen-bond donors (Lipinski definition) is 1. The molecule has 0 spiro atoms. The van der Waals surface area contributed by atoms with Crippen LogP contribution in [0, 0.1) is 0 Å². The molecule has 0 radical (unpaired) electrons. The quantitative estimate of drug-likeness (QED) is 0.908. The van der Waals surface area contributed by atoms with Crippen molar-refractivity contribution in [1.82, 2.24) is 4.98 Å². The van der Waals surface area contributed by atoms with E-state index < -0.39 is 0 Å². The fourth-order valence-electron chi connectivity index (χ4n) is 1.78. The van der Waals surface area contributed by atoms with Crippen LogP contribution in [0.15, 0.2) is 48.8 Å². The van der Waals surface area contributed by atoms with E-state index in [-0.39, 0.29) is 12.0 Å². The molecule has 0 unspecified atom stereocenters. The second-order valence-corrected chi connectivity index (χ2v) is 4.77. The third-order valence-electron chi connectivity index (χ3n) is 2.62. The van der Waals surface area contributed by atoms with Crippen LogP contribution in [-0.4, -0.2) is 17.0 Å². The van der Waals surface area contributed by atoms with Crippen LogP contribution in [0.4, 0.5) is 5.69 Å². The standard InChI is InChI=1S/C16H18N2O2/c1-12(2)20-15-5-3-14(4-6-15)18-16(19)11-13-7-9-17-10-8-13/h3-10,12H,11H2,1-2H3,(H,18,19). The van der Waals surface area contributed by atoms with Crippen molar-refractivity contribution in [1.29, 1.82) is 0 Å². The maximum atomic E-state index is 11.9. The fraction of sp³-hybridized carbons (Fsp3) is 0.250. The summed E-state index contributed by atoms with van der Waals surface area (Å²) in [4.78, 5) is 15.8. The lowest BCUT2D eigenvalue weighted by molar-refractivity contribution is -0.115. The Hall–Kier alpha value is -2.36. The fourth-order valence-corrected chi connectivity index (χ4v) is 1.78. The number of nitrogens with zero attached hydrogens (tertiary/aromatic N) is 1. The lowest BCUT2D eigenvalue weighted by Crippen LogP contribution is -2.14. The molecular weight excluding hydrogens is 252 g/mol. The number of aromatic nitrogens is 1. The van der Waals surface area contributed by atoms with Crippen LogP contribution in [-0.2, 0) is 11.2 Å². The van der Waals surface area contributed by atoms with Gasteiger partial charge in [0.05, 0.1) is 12.5 Å². The smallest absolute Gasteiger partial charge is 0.228 e. The minimum Gasteiger partial charge on any atom is -0.491 e. The summed E-state index contributed by atoms with van der Waals surface area (Å²) in [5.41, 5.74) is 1.71. The summed E-state index contributed by atoms with van der Waals surface area (Å²) in [7, 11) is 0. The van der Waals surface area contributed by atoms with Gasteiger partial charge in [-0.2, -0.15) is 0 Å². The molecule has 0 saturated carbocycles. The highest BCUT2D eigenvalue weighted by Gasteiger charge is 2.04. The molecule has 0 aliphatic carbocycles. The van der Waals surface area contributed by atoms with Gasteiger partial charge >= 0.3 is 0 Å². The first-order valence-electron chi connectivity index (χ1n) is 6.59. The van der Waals surface area contributed by atoms with Gasteiger partial charge in [0.15, 0.2) is 0 Å². The van der Waals surface area contributed by atoms with Gasteiger partial charge in [-0.25, -0.2) is 0 Å². The first-order valence-corrected chi connectivity index (χ1v) is 6.59. The molecule has 0 saturated heterocycles. The summed E-state index contributed by atoms with van der Waals surface area (Å²) in [6, 6.07) is 11.0. The summed E-state index contributed by atoms with van der Waals surface area (Å²) < 4.78 is 5.55. The largest absolute Gasteiger partial charge is 0.491 e. The van der Waals surface area contributed by atoms with Gasteiger partial charge in [-0.05, 0) is 55.8 Å². The summed E-state index contributed by atoms with van der Waals surface area (Å²) in [5.74, 6) is 0.751. The second kappa shape index (κ2) is 6.70. The van der Waals surface area contributed by atoms with Crippen LogP contribution in [0.25, 0.3) is 0 Å². The van der Waals surface area contributed by atoms with Crippen LogP contribution in [0.5, 0.6) is 5.75 Å². The topological polar surface area (TPSA) is 51.2 Å². The molecule has 1 N–H and O–H groups in total. The Morgan fingerprint density at radius 3 is 2.40 bits per heavy atom. The van der Waals surface area contributed by atoms with Crippen molar-refractivity contribution in [3.05, 3.63) is 54.4 Å². The zero-order valence-electron chi connectivity index (χ0n) is 11.7. The molecule has 0 fully saturated rings. The van der Waals surface area contributed by atoms with E-state index in [0.29, 0.717) is 6.42 Å². The molecule has 1 amide bonds. The predicted octanol–water partition coefficient (Wildman–Crippen LogP) is 3.05. The van der Waals surface area contributed by atoms with E-state index >= 15 is 0 Å². The second-order valence-electron chi connectivity index (χ2n) is 4.77. The van der Waals surface area contributed by atoms with Crippen molar-refractivity contribution in [3.8, 4) is 5.75 Å². The molecule has 1 aromatic heterocycles. The van der Waals surface area contributed by atoms with Crippen LogP contribution in [0.2, 0.25) is 0 Å². The maximum Gasteiger partial charge on any atom is 0.228 e. The van der Waals surface area contributed by atoms with Gasteiger partial charge in [-0.15, -0.1) is 0 Å². The Labute approximate surface area is 118 Å². The number of hydrogen-bond acceptors (Lipinski definition) is 3. The van der Waals surface area contributed by atoms with E-state index in [0.717, 1.165) is 17.0 Å². The molecule has 1 aromatic carbocycles. The van der Waals surface area contributed by atoms with Gasteiger partial charge in [0.25, 0.3) is 0 Å².